The fourth-order valence-electron chi connectivity index (χ4n) is 2.08. The van der Waals surface area contributed by atoms with Crippen molar-refractivity contribution in [3.8, 4) is 0 Å². The zero-order valence-corrected chi connectivity index (χ0v) is 11.0. The molecule has 2 rings (SSSR count). The highest BCUT2D eigenvalue weighted by Crippen LogP contribution is 2.23. The number of hydrogen-bond acceptors (Lipinski definition) is 2. The molecule has 96 valence electrons. The van der Waals surface area contributed by atoms with Crippen molar-refractivity contribution >= 4 is 27.8 Å². The summed E-state index contributed by atoms with van der Waals surface area (Å²) in [7, 11) is 0. The van der Waals surface area contributed by atoms with E-state index in [1.807, 2.05) is 0 Å². The number of hydrogen-bond donors (Lipinski definition) is 1. The van der Waals surface area contributed by atoms with Crippen LogP contribution >= 0.6 is 15.9 Å². The van der Waals surface area contributed by atoms with Gasteiger partial charge >= 0.3 is 5.97 Å². The number of aliphatic carboxylic acids is 1. The highest BCUT2D eigenvalue weighted by atomic mass is 79.9. The van der Waals surface area contributed by atoms with Crippen LogP contribution in [0.25, 0.3) is 0 Å². The van der Waals surface area contributed by atoms with Crippen LogP contribution in [0.4, 0.5) is 4.39 Å². The molecule has 1 aliphatic rings. The summed E-state index contributed by atoms with van der Waals surface area (Å²) in [6.45, 7) is 0.352. The van der Waals surface area contributed by atoms with Crippen LogP contribution in [0.3, 0.4) is 0 Å². The molecule has 1 saturated heterocycles. The van der Waals surface area contributed by atoms with E-state index < -0.39 is 23.7 Å². The van der Waals surface area contributed by atoms with E-state index in [0.717, 1.165) is 0 Å². The molecule has 6 heteroatoms. The number of carbonyl (C=O) groups is 2. The maximum atomic E-state index is 13.7. The van der Waals surface area contributed by atoms with Crippen LogP contribution < -0.4 is 0 Å². The standard InChI is InChI=1S/C12H11BrFNO3/c13-7-3-4-8(9(14)6-7)11(16)15-5-1-2-10(15)12(17)18/h3-4,6,10H,1-2,5H2,(H,17,18)/t10-/m1/s1. The molecule has 1 atom stereocenters. The average molecular weight is 316 g/mol. The van der Waals surface area contributed by atoms with E-state index in [-0.39, 0.29) is 5.56 Å². The predicted molar refractivity (Wildman–Crippen MR) is 65.8 cm³/mol. The van der Waals surface area contributed by atoms with Crippen molar-refractivity contribution in [2.45, 2.75) is 18.9 Å². The summed E-state index contributed by atoms with van der Waals surface area (Å²) >= 11 is 3.10. The molecule has 0 saturated carbocycles. The third-order valence-electron chi connectivity index (χ3n) is 2.96. The molecule has 0 bridgehead atoms. The molecule has 0 spiro atoms. The van der Waals surface area contributed by atoms with Crippen LogP contribution in [-0.4, -0.2) is 34.5 Å². The largest absolute Gasteiger partial charge is 0.480 e. The highest BCUT2D eigenvalue weighted by molar-refractivity contribution is 9.10. The first-order valence-corrected chi connectivity index (χ1v) is 6.29. The summed E-state index contributed by atoms with van der Waals surface area (Å²) in [6, 6.07) is 3.26. The SMILES string of the molecule is O=C(O)[C@H]1CCCN1C(=O)c1ccc(Br)cc1F. The lowest BCUT2D eigenvalue weighted by Crippen LogP contribution is -2.40. The van der Waals surface area contributed by atoms with Gasteiger partial charge in [0.2, 0.25) is 0 Å². The number of carboxylic acids is 1. The van der Waals surface area contributed by atoms with Gasteiger partial charge in [-0.2, -0.15) is 0 Å². The van der Waals surface area contributed by atoms with Crippen LogP contribution in [0.2, 0.25) is 0 Å². The van der Waals surface area contributed by atoms with Gasteiger partial charge < -0.3 is 10.0 Å². The van der Waals surface area contributed by atoms with Gasteiger partial charge in [-0.1, -0.05) is 15.9 Å². The zero-order valence-electron chi connectivity index (χ0n) is 9.40. The zero-order chi connectivity index (χ0) is 13.3. The molecule has 0 radical (unpaired) electrons. The van der Waals surface area contributed by atoms with E-state index in [0.29, 0.717) is 23.9 Å². The predicted octanol–water partition coefficient (Wildman–Crippen LogP) is 2.28. The Labute approximate surface area is 112 Å². The second kappa shape index (κ2) is 5.06. The van der Waals surface area contributed by atoms with Crippen molar-refractivity contribution in [2.75, 3.05) is 6.54 Å². The minimum atomic E-state index is -1.04. The van der Waals surface area contributed by atoms with Gasteiger partial charge in [0.1, 0.15) is 11.9 Å². The van der Waals surface area contributed by atoms with E-state index in [1.165, 1.54) is 17.0 Å². The molecule has 1 N–H and O–H groups in total. The number of halogens is 2. The van der Waals surface area contributed by atoms with Crippen molar-refractivity contribution in [2.24, 2.45) is 0 Å². The summed E-state index contributed by atoms with van der Waals surface area (Å²) in [4.78, 5) is 24.3. The topological polar surface area (TPSA) is 57.6 Å². The first-order valence-electron chi connectivity index (χ1n) is 5.49. The van der Waals surface area contributed by atoms with Crippen LogP contribution in [0.15, 0.2) is 22.7 Å². The Balaban J connectivity index is 2.28. The maximum absolute atomic E-state index is 13.7. The van der Waals surface area contributed by atoms with E-state index in [2.05, 4.69) is 15.9 Å². The van der Waals surface area contributed by atoms with Gasteiger partial charge in [0.05, 0.1) is 5.56 Å². The van der Waals surface area contributed by atoms with Gasteiger partial charge in [-0.25, -0.2) is 9.18 Å². The summed E-state index contributed by atoms with van der Waals surface area (Å²) < 4.78 is 14.2. The Bertz CT molecular complexity index is 506. The van der Waals surface area contributed by atoms with Crippen molar-refractivity contribution in [3.05, 3.63) is 34.1 Å². The normalized spacial score (nSPS) is 19.0. The minimum Gasteiger partial charge on any atom is -0.480 e. The monoisotopic (exact) mass is 315 g/mol. The highest BCUT2D eigenvalue weighted by Gasteiger charge is 2.35. The number of likely N-dealkylation sites (tertiary alicyclic amines) is 1. The smallest absolute Gasteiger partial charge is 0.326 e. The Morgan fingerprint density at radius 3 is 2.78 bits per heavy atom. The van der Waals surface area contributed by atoms with Crippen LogP contribution in [0, 0.1) is 5.82 Å². The summed E-state index contributed by atoms with van der Waals surface area (Å²) in [5.41, 5.74) is -0.0913. The molecule has 1 fully saturated rings. The molecule has 0 aliphatic carbocycles. The Morgan fingerprint density at radius 2 is 2.17 bits per heavy atom. The van der Waals surface area contributed by atoms with Crippen molar-refractivity contribution < 1.29 is 19.1 Å². The third-order valence-corrected chi connectivity index (χ3v) is 3.45. The number of carbonyl (C=O) groups excluding carboxylic acids is 1. The van der Waals surface area contributed by atoms with Gasteiger partial charge in [-0.3, -0.25) is 4.79 Å². The summed E-state index contributed by atoms with van der Waals surface area (Å²) in [5, 5.41) is 9.00. The number of nitrogens with zero attached hydrogens (tertiary/aromatic N) is 1. The molecular weight excluding hydrogens is 305 g/mol. The number of amides is 1. The first kappa shape index (κ1) is 13.0. The fraction of sp³-hybridized carbons (Fsp3) is 0.333. The second-order valence-electron chi connectivity index (χ2n) is 4.12. The van der Waals surface area contributed by atoms with Gasteiger partial charge in [0, 0.05) is 11.0 Å². The Morgan fingerprint density at radius 1 is 1.44 bits per heavy atom. The molecule has 4 nitrogen and oxygen atoms in total. The van der Waals surface area contributed by atoms with Gasteiger partial charge in [0.25, 0.3) is 5.91 Å². The van der Waals surface area contributed by atoms with Crippen LogP contribution in [0.5, 0.6) is 0 Å². The number of rotatable bonds is 2. The first-order chi connectivity index (χ1) is 8.50. The van der Waals surface area contributed by atoms with Gasteiger partial charge in [0.15, 0.2) is 0 Å². The molecule has 1 aromatic carbocycles. The second-order valence-corrected chi connectivity index (χ2v) is 5.03. The maximum Gasteiger partial charge on any atom is 0.326 e. The molecule has 1 aromatic rings. The van der Waals surface area contributed by atoms with E-state index >= 15 is 0 Å². The van der Waals surface area contributed by atoms with E-state index in [4.69, 9.17) is 5.11 Å². The lowest BCUT2D eigenvalue weighted by Gasteiger charge is -2.21. The molecular formula is C12H11BrFNO3. The number of carboxylic acid groups (broad SMARTS) is 1. The quantitative estimate of drug-likeness (QED) is 0.911. The molecule has 1 heterocycles. The van der Waals surface area contributed by atoms with Crippen molar-refractivity contribution in [1.82, 2.24) is 4.90 Å². The van der Waals surface area contributed by atoms with Gasteiger partial charge in [-0.05, 0) is 31.0 Å². The van der Waals surface area contributed by atoms with Crippen LogP contribution in [-0.2, 0) is 4.79 Å². The third kappa shape index (κ3) is 2.38. The van der Waals surface area contributed by atoms with Crippen molar-refractivity contribution in [1.29, 1.82) is 0 Å². The molecule has 18 heavy (non-hydrogen) atoms. The fourth-order valence-corrected chi connectivity index (χ4v) is 2.42. The summed E-state index contributed by atoms with van der Waals surface area (Å²) in [5.74, 6) is -2.26. The number of benzene rings is 1. The minimum absolute atomic E-state index is 0.0913. The molecule has 1 amide bonds. The van der Waals surface area contributed by atoms with Crippen LogP contribution in [0.1, 0.15) is 23.2 Å². The molecule has 0 unspecified atom stereocenters. The average Bonchev–Trinajstić information content (AvgIpc) is 2.77. The van der Waals surface area contributed by atoms with Gasteiger partial charge in [-0.15, -0.1) is 0 Å². The van der Waals surface area contributed by atoms with Crippen molar-refractivity contribution in [3.63, 3.8) is 0 Å². The molecule has 1 aliphatic heterocycles. The van der Waals surface area contributed by atoms with E-state index in [1.54, 1.807) is 6.07 Å². The summed E-state index contributed by atoms with van der Waals surface area (Å²) in [6.07, 6.45) is 1.04. The molecule has 0 aromatic heterocycles. The Hall–Kier alpha value is -1.43. The van der Waals surface area contributed by atoms with E-state index in [9.17, 15) is 14.0 Å². The lowest BCUT2D eigenvalue weighted by molar-refractivity contribution is -0.141. The Kier molecular flexibility index (Phi) is 3.65. The lowest BCUT2D eigenvalue weighted by atomic mass is 10.1.